The normalized spacial score (nSPS) is 9.38. The van der Waals surface area contributed by atoms with Gasteiger partial charge in [-0.3, -0.25) is 19.2 Å². The second-order valence-corrected chi connectivity index (χ2v) is 8.38. The van der Waals surface area contributed by atoms with E-state index < -0.39 is 17.9 Å². The Kier molecular flexibility index (Phi) is 16.8. The Morgan fingerprint density at radius 1 is 0.596 bits per heavy atom. The first-order valence-corrected chi connectivity index (χ1v) is 12.6. The fourth-order valence-electron chi connectivity index (χ4n) is 3.19. The molecular formula is C32H26O15. The number of fused-ring (bicyclic) bond motifs is 1. The van der Waals surface area contributed by atoms with Crippen molar-refractivity contribution in [2.75, 3.05) is 0 Å². The lowest BCUT2D eigenvalue weighted by molar-refractivity contribution is -0.131. The van der Waals surface area contributed by atoms with Gasteiger partial charge in [-0.05, 0) is 60.2 Å². The van der Waals surface area contributed by atoms with E-state index in [2.05, 4.69) is 27.2 Å². The monoisotopic (exact) mass is 650 g/mol. The number of aryl methyl sites for hydroxylation is 1. The minimum absolute atomic E-state index is 0.00704. The first kappa shape index (κ1) is 38.0. The van der Waals surface area contributed by atoms with E-state index in [1.165, 1.54) is 29.8 Å². The molecule has 0 amide bonds. The van der Waals surface area contributed by atoms with Gasteiger partial charge < -0.3 is 39.4 Å². The second-order valence-electron chi connectivity index (χ2n) is 8.38. The van der Waals surface area contributed by atoms with E-state index in [1.54, 1.807) is 6.07 Å². The highest BCUT2D eigenvalue weighted by Gasteiger charge is 2.07. The number of phenols is 1. The number of phenolic OH excluding ortho intramolecular Hbond substituents is 1. The van der Waals surface area contributed by atoms with Crippen molar-refractivity contribution in [1.29, 1.82) is 0 Å². The van der Waals surface area contributed by atoms with E-state index in [0.717, 1.165) is 35.2 Å². The van der Waals surface area contributed by atoms with Crippen molar-refractivity contribution >= 4 is 54.6 Å². The largest absolute Gasteiger partial charge is 0.508 e. The van der Waals surface area contributed by atoms with Crippen molar-refractivity contribution in [3.63, 3.8) is 0 Å². The zero-order valence-electron chi connectivity index (χ0n) is 24.2. The molecule has 4 rings (SSSR count). The van der Waals surface area contributed by atoms with Crippen LogP contribution in [-0.4, -0.2) is 64.2 Å². The molecule has 4 N–H and O–H groups in total. The Morgan fingerprint density at radius 3 is 1.72 bits per heavy atom. The van der Waals surface area contributed by atoms with Gasteiger partial charge in [0.15, 0.2) is 0 Å². The van der Waals surface area contributed by atoms with Crippen LogP contribution in [0, 0.1) is 6.92 Å². The highest BCUT2D eigenvalue weighted by Crippen LogP contribution is 2.22. The molecule has 0 aliphatic heterocycles. The van der Waals surface area contributed by atoms with Crippen LogP contribution in [0.4, 0.5) is 0 Å². The van der Waals surface area contributed by atoms with Crippen LogP contribution in [0.2, 0.25) is 0 Å². The van der Waals surface area contributed by atoms with Gasteiger partial charge in [0.1, 0.15) is 29.3 Å². The number of ether oxygens (including phenoxy) is 4. The molecule has 0 heterocycles. The predicted molar refractivity (Wildman–Crippen MR) is 161 cm³/mol. The first-order chi connectivity index (χ1) is 22.4. The van der Waals surface area contributed by atoms with Crippen LogP contribution in [0.25, 0.3) is 10.8 Å². The number of hydrogen-bond acceptors (Lipinski definition) is 12. The van der Waals surface area contributed by atoms with E-state index >= 15 is 0 Å². The van der Waals surface area contributed by atoms with Crippen LogP contribution >= 0.6 is 0 Å². The molecule has 0 aliphatic rings. The number of carbonyl (C=O) groups excluding carboxylic acids is 4. The van der Waals surface area contributed by atoms with Crippen molar-refractivity contribution in [3.8, 4) is 23.0 Å². The highest BCUT2D eigenvalue weighted by molar-refractivity contribution is 5.89. The Labute approximate surface area is 265 Å². The smallest absolute Gasteiger partial charge is 0.335 e. The number of hydrogen-bond donors (Lipinski definition) is 4. The number of carboxylic acids is 3. The Morgan fingerprint density at radius 2 is 1.15 bits per heavy atom. The molecule has 0 spiro atoms. The minimum Gasteiger partial charge on any atom is -0.508 e. The van der Waals surface area contributed by atoms with E-state index in [4.69, 9.17) is 25.2 Å². The van der Waals surface area contributed by atoms with Crippen molar-refractivity contribution < 1.29 is 72.9 Å². The maximum Gasteiger partial charge on any atom is 0.335 e. The summed E-state index contributed by atoms with van der Waals surface area (Å²) in [6, 6.07) is 20.8. The molecule has 0 bridgehead atoms. The summed E-state index contributed by atoms with van der Waals surface area (Å²) in [4.78, 5) is 69.7. The molecule has 15 nitrogen and oxygen atoms in total. The molecule has 0 saturated carbocycles. The maximum absolute atomic E-state index is 10.5. The number of aromatic hydroxyl groups is 1. The summed E-state index contributed by atoms with van der Waals surface area (Å²) in [6.07, 6.45) is 1.50. The number of benzene rings is 4. The summed E-state index contributed by atoms with van der Waals surface area (Å²) in [5, 5.41) is 36.2. The molecule has 0 aromatic heterocycles. The summed E-state index contributed by atoms with van der Waals surface area (Å²) in [5.74, 6) is -2.87. The molecule has 0 saturated heterocycles. The van der Waals surface area contributed by atoms with E-state index in [0.29, 0.717) is 18.3 Å². The SMILES string of the molecule is Cc1ccc2cc(OC=O)ccc2c1.O=CO/C=C/C(=O)O.O=COc1cc(O)cc(C(=O)O)c1.O=COc1cccc(C(=O)O)c1. The summed E-state index contributed by atoms with van der Waals surface area (Å²) < 4.78 is 17.5. The van der Waals surface area contributed by atoms with Crippen LogP contribution < -0.4 is 14.2 Å². The average Bonchev–Trinajstić information content (AvgIpc) is 3.02. The second kappa shape index (κ2) is 20.8. The summed E-state index contributed by atoms with van der Waals surface area (Å²) in [5.41, 5.74) is 1.17. The van der Waals surface area contributed by atoms with Crippen LogP contribution in [0.15, 0.2) is 91.2 Å². The standard InChI is InChI=1S/C12H10O2.C8H6O5.C8H6O4.C4H4O4/c1-9-2-3-11-7-12(14-8-13)5-4-10(11)6-9;9-4-13-7-2-5(8(11)12)1-6(10)3-7;9-5-12-7-3-1-2-6(4-7)8(10)11;5-3-8-2-1-4(6)7/h2-8H,1H3;1-4,10H,(H,11,12);1-5H,(H,10,11);1-3H,(H,6,7)/b;;;2-1+. The Bertz CT molecular complexity index is 1730. The molecule has 4 aromatic rings. The number of carboxylic acid groups (broad SMARTS) is 3. The molecule has 0 radical (unpaired) electrons. The fourth-order valence-corrected chi connectivity index (χ4v) is 3.19. The lowest BCUT2D eigenvalue weighted by Crippen LogP contribution is -1.97. The van der Waals surface area contributed by atoms with Crippen molar-refractivity contribution in [2.45, 2.75) is 6.92 Å². The van der Waals surface area contributed by atoms with E-state index in [1.807, 2.05) is 24.3 Å². The van der Waals surface area contributed by atoms with Gasteiger partial charge in [-0.1, -0.05) is 35.9 Å². The van der Waals surface area contributed by atoms with Gasteiger partial charge in [-0.15, -0.1) is 0 Å². The number of aliphatic carboxylic acids is 1. The zero-order valence-corrected chi connectivity index (χ0v) is 24.2. The summed E-state index contributed by atoms with van der Waals surface area (Å²) >= 11 is 0. The fraction of sp³-hybridized carbons (Fsp3) is 0.0312. The minimum atomic E-state index is -1.20. The van der Waals surface area contributed by atoms with Gasteiger partial charge >= 0.3 is 17.9 Å². The van der Waals surface area contributed by atoms with Gasteiger partial charge in [0.05, 0.1) is 17.2 Å². The van der Waals surface area contributed by atoms with Crippen LogP contribution in [0.3, 0.4) is 0 Å². The molecule has 0 aliphatic carbocycles. The molecule has 4 aromatic carbocycles. The van der Waals surface area contributed by atoms with Crippen LogP contribution in [0.1, 0.15) is 26.3 Å². The molecule has 47 heavy (non-hydrogen) atoms. The van der Waals surface area contributed by atoms with Gasteiger partial charge in [0, 0.05) is 6.07 Å². The third-order valence-corrected chi connectivity index (χ3v) is 5.08. The van der Waals surface area contributed by atoms with Gasteiger partial charge in [-0.2, -0.15) is 0 Å². The molecule has 244 valence electrons. The summed E-state index contributed by atoms with van der Waals surface area (Å²) in [7, 11) is 0. The van der Waals surface area contributed by atoms with Crippen molar-refractivity contribution in [1.82, 2.24) is 0 Å². The van der Waals surface area contributed by atoms with Crippen LogP contribution in [0.5, 0.6) is 23.0 Å². The van der Waals surface area contributed by atoms with E-state index in [-0.39, 0.29) is 47.8 Å². The molecular weight excluding hydrogens is 624 g/mol. The number of rotatable bonds is 11. The lowest BCUT2D eigenvalue weighted by atomic mass is 10.1. The average molecular weight is 651 g/mol. The third kappa shape index (κ3) is 15.3. The third-order valence-electron chi connectivity index (χ3n) is 5.08. The molecule has 0 unspecified atom stereocenters. The molecule has 0 atom stereocenters. The van der Waals surface area contributed by atoms with E-state index in [9.17, 15) is 33.6 Å². The van der Waals surface area contributed by atoms with Gasteiger partial charge in [0.25, 0.3) is 25.9 Å². The first-order valence-electron chi connectivity index (χ1n) is 12.6. The summed E-state index contributed by atoms with van der Waals surface area (Å²) in [6.45, 7) is 3.03. The predicted octanol–water partition coefficient (Wildman–Crippen LogP) is 3.99. The van der Waals surface area contributed by atoms with Gasteiger partial charge in [-0.25, -0.2) is 14.4 Å². The Hall–Kier alpha value is -7.03. The van der Waals surface area contributed by atoms with Crippen molar-refractivity contribution in [3.05, 3.63) is 108 Å². The van der Waals surface area contributed by atoms with Gasteiger partial charge in [0.2, 0.25) is 0 Å². The van der Waals surface area contributed by atoms with Crippen molar-refractivity contribution in [2.24, 2.45) is 0 Å². The molecule has 15 heteroatoms. The number of carbonyl (C=O) groups is 7. The quantitative estimate of drug-likeness (QED) is 0.102. The Balaban J connectivity index is 0.000000319. The number of aromatic carboxylic acids is 2. The maximum atomic E-state index is 10.5. The molecule has 0 fully saturated rings. The topological polar surface area (TPSA) is 237 Å². The highest BCUT2D eigenvalue weighted by atomic mass is 16.5. The zero-order chi connectivity index (χ0) is 35.2. The lowest BCUT2D eigenvalue weighted by Gasteiger charge is -2.01. The van der Waals surface area contributed by atoms with Crippen LogP contribution in [-0.2, 0) is 28.7 Å².